The molecular weight excluding hydrogens is 320 g/mol. The van der Waals surface area contributed by atoms with E-state index < -0.39 is 5.41 Å². The number of thiophene rings is 1. The lowest BCUT2D eigenvalue weighted by molar-refractivity contribution is -0.129. The van der Waals surface area contributed by atoms with Crippen molar-refractivity contribution >= 4 is 46.2 Å². The van der Waals surface area contributed by atoms with Crippen molar-refractivity contribution in [3.8, 4) is 0 Å². The Balaban J connectivity index is 1.94. The smallest absolute Gasteiger partial charge is 0.293 e. The third kappa shape index (κ3) is 3.98. The largest absolute Gasteiger partial charge is 0.354 e. The minimum atomic E-state index is -0.488. The van der Waals surface area contributed by atoms with Gasteiger partial charge in [0.2, 0.25) is 5.91 Å². The van der Waals surface area contributed by atoms with Crippen molar-refractivity contribution in [1.82, 2.24) is 10.2 Å². The van der Waals surface area contributed by atoms with E-state index in [9.17, 15) is 14.4 Å². The molecule has 1 fully saturated rings. The van der Waals surface area contributed by atoms with Crippen LogP contribution in [0.2, 0.25) is 0 Å². The first-order chi connectivity index (χ1) is 10.3. The molecule has 0 saturated carbocycles. The normalized spacial score (nSPS) is 17.4. The number of carbonyl (C=O) groups is 3. The lowest BCUT2D eigenvalue weighted by Gasteiger charge is -2.19. The first-order valence-corrected chi connectivity index (χ1v) is 8.56. The number of nitrogens with one attached hydrogen (secondary N) is 1. The van der Waals surface area contributed by atoms with Gasteiger partial charge in [-0.3, -0.25) is 19.3 Å². The molecule has 1 aromatic rings. The van der Waals surface area contributed by atoms with Crippen LogP contribution in [-0.4, -0.2) is 35.0 Å². The van der Waals surface area contributed by atoms with Crippen molar-refractivity contribution in [2.45, 2.75) is 20.8 Å². The number of imide groups is 1. The lowest BCUT2D eigenvalue weighted by atomic mass is 9.96. The van der Waals surface area contributed by atoms with E-state index in [-0.39, 0.29) is 30.1 Å². The maximum atomic E-state index is 12.2. The van der Waals surface area contributed by atoms with E-state index in [4.69, 9.17) is 0 Å². The molecule has 1 aliphatic rings. The van der Waals surface area contributed by atoms with Gasteiger partial charge in [-0.1, -0.05) is 26.8 Å². The highest BCUT2D eigenvalue weighted by Gasteiger charge is 2.34. The van der Waals surface area contributed by atoms with Crippen LogP contribution in [0.3, 0.4) is 0 Å². The van der Waals surface area contributed by atoms with Gasteiger partial charge in [0.25, 0.3) is 11.1 Å². The zero-order valence-corrected chi connectivity index (χ0v) is 14.3. The van der Waals surface area contributed by atoms with Gasteiger partial charge in [-0.2, -0.15) is 0 Å². The molecule has 2 heterocycles. The molecule has 0 unspecified atom stereocenters. The molecule has 1 aliphatic heterocycles. The van der Waals surface area contributed by atoms with Crippen LogP contribution in [-0.2, 0) is 9.59 Å². The van der Waals surface area contributed by atoms with E-state index >= 15 is 0 Å². The Kier molecular flexibility index (Phi) is 5.08. The number of thioether (sulfide) groups is 1. The minimum absolute atomic E-state index is 0.103. The van der Waals surface area contributed by atoms with Crippen LogP contribution in [0.15, 0.2) is 22.4 Å². The van der Waals surface area contributed by atoms with Gasteiger partial charge in [-0.25, -0.2) is 0 Å². The van der Waals surface area contributed by atoms with Crippen LogP contribution in [0.5, 0.6) is 0 Å². The molecule has 0 aromatic carbocycles. The minimum Gasteiger partial charge on any atom is -0.354 e. The van der Waals surface area contributed by atoms with Gasteiger partial charge >= 0.3 is 0 Å². The van der Waals surface area contributed by atoms with E-state index in [0.29, 0.717) is 4.91 Å². The molecular formula is C15H18N2O3S2. The maximum absolute atomic E-state index is 12.2. The van der Waals surface area contributed by atoms with E-state index in [1.807, 2.05) is 38.3 Å². The molecule has 0 aliphatic carbocycles. The van der Waals surface area contributed by atoms with Gasteiger partial charge in [0.05, 0.1) is 4.91 Å². The number of nitrogens with zero attached hydrogens (tertiary/aromatic N) is 1. The topological polar surface area (TPSA) is 66.5 Å². The number of hydrogen-bond acceptors (Lipinski definition) is 5. The zero-order valence-electron chi connectivity index (χ0n) is 12.7. The summed E-state index contributed by atoms with van der Waals surface area (Å²) < 4.78 is 0. The Morgan fingerprint density at radius 1 is 1.36 bits per heavy atom. The number of rotatable bonds is 4. The van der Waals surface area contributed by atoms with Crippen molar-refractivity contribution in [3.05, 3.63) is 27.3 Å². The molecule has 1 aromatic heterocycles. The van der Waals surface area contributed by atoms with E-state index in [0.717, 1.165) is 16.6 Å². The van der Waals surface area contributed by atoms with Crippen molar-refractivity contribution in [3.63, 3.8) is 0 Å². The molecule has 1 N–H and O–H groups in total. The number of carbonyl (C=O) groups excluding carboxylic acids is 3. The fourth-order valence-electron chi connectivity index (χ4n) is 1.74. The first kappa shape index (κ1) is 16.8. The maximum Gasteiger partial charge on any atom is 0.293 e. The van der Waals surface area contributed by atoms with Gasteiger partial charge < -0.3 is 5.32 Å². The summed E-state index contributed by atoms with van der Waals surface area (Å²) in [5.74, 6) is -0.401. The molecule has 5 nitrogen and oxygen atoms in total. The fraction of sp³-hybridized carbons (Fsp3) is 0.400. The third-order valence-electron chi connectivity index (χ3n) is 2.99. The van der Waals surface area contributed by atoms with Crippen LogP contribution in [0.4, 0.5) is 4.79 Å². The summed E-state index contributed by atoms with van der Waals surface area (Å²) in [5, 5.41) is 4.36. The predicted molar refractivity (Wildman–Crippen MR) is 89.5 cm³/mol. The second-order valence-corrected chi connectivity index (χ2v) is 7.83. The zero-order chi connectivity index (χ0) is 16.3. The quantitative estimate of drug-likeness (QED) is 0.857. The van der Waals surface area contributed by atoms with Crippen LogP contribution >= 0.6 is 23.1 Å². The molecule has 2 rings (SSSR count). The van der Waals surface area contributed by atoms with E-state index in [1.165, 1.54) is 16.2 Å². The summed E-state index contributed by atoms with van der Waals surface area (Å²) in [4.78, 5) is 38.4. The molecule has 7 heteroatoms. The average Bonchev–Trinajstić information content (AvgIpc) is 3.01. The summed E-state index contributed by atoms with van der Waals surface area (Å²) in [6.07, 6.45) is 1.73. The molecule has 0 radical (unpaired) electrons. The first-order valence-electron chi connectivity index (χ1n) is 6.86. The summed E-state index contributed by atoms with van der Waals surface area (Å²) in [6.45, 7) is 5.89. The summed E-state index contributed by atoms with van der Waals surface area (Å²) >= 11 is 2.45. The van der Waals surface area contributed by atoms with Crippen molar-refractivity contribution in [1.29, 1.82) is 0 Å². The molecule has 1 saturated heterocycles. The van der Waals surface area contributed by atoms with Gasteiger partial charge in [0.15, 0.2) is 0 Å². The van der Waals surface area contributed by atoms with Crippen LogP contribution in [0.25, 0.3) is 6.08 Å². The lowest BCUT2D eigenvalue weighted by Crippen LogP contribution is -2.41. The third-order valence-corrected chi connectivity index (χ3v) is 4.72. The molecule has 3 amide bonds. The molecule has 22 heavy (non-hydrogen) atoms. The molecule has 0 bridgehead atoms. The monoisotopic (exact) mass is 338 g/mol. The van der Waals surface area contributed by atoms with Gasteiger partial charge in [-0.15, -0.1) is 11.3 Å². The van der Waals surface area contributed by atoms with Gasteiger partial charge in [0, 0.05) is 23.4 Å². The Morgan fingerprint density at radius 2 is 2.09 bits per heavy atom. The number of amides is 3. The molecule has 0 spiro atoms. The highest BCUT2D eigenvalue weighted by molar-refractivity contribution is 8.18. The SMILES string of the molecule is CC(C)(C)C(=O)NCCN1C(=O)S/C(=C/c2cccs2)C1=O. The standard InChI is InChI=1S/C15H18N2O3S2/c1-15(2,3)13(19)16-6-7-17-12(18)11(22-14(17)20)9-10-5-4-8-21-10/h4-5,8-9H,6-7H2,1-3H3,(H,16,19)/b11-9+. The number of hydrogen-bond donors (Lipinski definition) is 1. The van der Waals surface area contributed by atoms with E-state index in [2.05, 4.69) is 5.32 Å². The predicted octanol–water partition coefficient (Wildman–Crippen LogP) is 2.95. The van der Waals surface area contributed by atoms with Crippen LogP contribution in [0, 0.1) is 5.41 Å². The van der Waals surface area contributed by atoms with Gasteiger partial charge in [-0.05, 0) is 29.3 Å². The molecule has 0 atom stereocenters. The highest BCUT2D eigenvalue weighted by atomic mass is 32.2. The van der Waals surface area contributed by atoms with Crippen molar-refractivity contribution < 1.29 is 14.4 Å². The van der Waals surface area contributed by atoms with Crippen molar-refractivity contribution in [2.75, 3.05) is 13.1 Å². The summed E-state index contributed by atoms with van der Waals surface area (Å²) in [7, 11) is 0. The fourth-order valence-corrected chi connectivity index (χ4v) is 3.33. The van der Waals surface area contributed by atoms with Crippen molar-refractivity contribution in [2.24, 2.45) is 5.41 Å². The Morgan fingerprint density at radius 3 is 2.68 bits per heavy atom. The average molecular weight is 338 g/mol. The second-order valence-electron chi connectivity index (χ2n) is 5.85. The van der Waals surface area contributed by atoms with E-state index in [1.54, 1.807) is 6.08 Å². The highest BCUT2D eigenvalue weighted by Crippen LogP contribution is 2.32. The van der Waals surface area contributed by atoms with Crippen LogP contribution < -0.4 is 5.32 Å². The Labute approximate surface area is 137 Å². The Bertz CT molecular complexity index is 615. The van der Waals surface area contributed by atoms with Gasteiger partial charge in [0.1, 0.15) is 0 Å². The Hall–Kier alpha value is -1.60. The summed E-state index contributed by atoms with van der Waals surface area (Å²) in [6, 6.07) is 3.78. The molecule has 118 valence electrons. The summed E-state index contributed by atoms with van der Waals surface area (Å²) in [5.41, 5.74) is -0.488. The second kappa shape index (κ2) is 6.66. The van der Waals surface area contributed by atoms with Crippen LogP contribution in [0.1, 0.15) is 25.6 Å².